The summed E-state index contributed by atoms with van der Waals surface area (Å²) in [4.78, 5) is 4.53. The van der Waals surface area contributed by atoms with Crippen LogP contribution in [0.5, 0.6) is 23.0 Å². The summed E-state index contributed by atoms with van der Waals surface area (Å²) in [5.74, 6) is 1.50. The van der Waals surface area contributed by atoms with Gasteiger partial charge in [0.2, 0.25) is 0 Å². The first kappa shape index (κ1) is 91.6. The molecular formula is C90H124N2O4Zr2+2. The third-order valence-electron chi connectivity index (χ3n) is 16.0. The molecule has 8 aromatic carbocycles. The Labute approximate surface area is 636 Å². The van der Waals surface area contributed by atoms with Crippen molar-refractivity contribution in [3.05, 3.63) is 312 Å². The van der Waals surface area contributed by atoms with Crippen molar-refractivity contribution in [3.63, 3.8) is 0 Å². The van der Waals surface area contributed by atoms with E-state index in [0.717, 1.165) is 90.9 Å². The van der Waals surface area contributed by atoms with Crippen LogP contribution in [0, 0.1) is 41.5 Å². The number of hydrogen-bond acceptors (Lipinski definition) is 6. The fourth-order valence-corrected chi connectivity index (χ4v) is 10.5. The van der Waals surface area contributed by atoms with Crippen molar-refractivity contribution in [2.24, 2.45) is 0 Å². The van der Waals surface area contributed by atoms with Gasteiger partial charge in [0.15, 0.2) is 0 Å². The molecule has 0 saturated carbocycles. The fourth-order valence-electron chi connectivity index (χ4n) is 10.5. The van der Waals surface area contributed by atoms with Crippen LogP contribution in [-0.2, 0) is 111 Å². The molecule has 8 heteroatoms. The first-order valence-electron chi connectivity index (χ1n) is 33.5. The van der Waals surface area contributed by atoms with Crippen molar-refractivity contribution in [3.8, 4) is 23.0 Å². The molecule has 0 bridgehead atoms. The van der Waals surface area contributed by atoms with E-state index >= 15 is 0 Å². The number of rotatable bonds is 13. The molecule has 0 saturated heterocycles. The zero-order valence-corrected chi connectivity index (χ0v) is 68.1. The van der Waals surface area contributed by atoms with E-state index in [-0.39, 0.29) is 92.3 Å². The van der Waals surface area contributed by atoms with Gasteiger partial charge >= 0.3 is 52.4 Å². The number of aryl methyl sites for hydroxylation is 2. The van der Waals surface area contributed by atoms with Gasteiger partial charge in [-0.2, -0.15) is 98.5 Å². The van der Waals surface area contributed by atoms with Gasteiger partial charge in [-0.05, 0) is 86.1 Å². The van der Waals surface area contributed by atoms with Crippen molar-refractivity contribution < 1.29 is 72.8 Å². The van der Waals surface area contributed by atoms with Crippen LogP contribution in [0.15, 0.2) is 195 Å². The van der Waals surface area contributed by atoms with E-state index in [1.807, 2.05) is 133 Å². The van der Waals surface area contributed by atoms with Crippen LogP contribution in [0.25, 0.3) is 0 Å². The molecule has 0 aliphatic rings. The smallest absolute Gasteiger partial charge is 0.507 e. The minimum absolute atomic E-state index is 0. The third kappa shape index (κ3) is 31.9. The summed E-state index contributed by atoms with van der Waals surface area (Å²) in [6.45, 7) is 69.6. The molecule has 6 nitrogen and oxygen atoms in total. The van der Waals surface area contributed by atoms with Gasteiger partial charge < -0.3 is 20.4 Å². The Kier molecular flexibility index (Phi) is 38.7. The van der Waals surface area contributed by atoms with Crippen LogP contribution in [-0.4, -0.2) is 43.3 Å². The Hall–Kier alpha value is -6.39. The van der Waals surface area contributed by atoms with Crippen LogP contribution in [0.3, 0.4) is 0 Å². The molecule has 0 aliphatic carbocycles. The maximum absolute atomic E-state index is 11.3. The maximum atomic E-state index is 11.3. The fraction of sp³-hybridized carbons (Fsp3) is 0.378. The molecule has 0 spiro atoms. The number of nitrogens with zero attached hydrogens (tertiary/aromatic N) is 2. The SMILES string of the molecule is C.C=CCCN(Cc1cc(C)cc(C(C)(C)C)c1O)Cc1cc(C(C)(C)C)cc(C(C)(C)C)c1O.C=CCN(Cc1cc(C)cc(C(C)(C)C)c1O)Cc1cc(C(C)(C)C)cc(C(C)(C)C)c1O.[CH2-]c1ccccc1.[CH2-]c1ccccc1.[CH2-]c1ccccc1.[CH2-]c1ccccc1.[Zr+3].[Zr+3]. The largest absolute Gasteiger partial charge is 3.00 e. The van der Waals surface area contributed by atoms with Crippen LogP contribution in [0.2, 0.25) is 0 Å². The third-order valence-corrected chi connectivity index (χ3v) is 16.0. The second-order valence-corrected chi connectivity index (χ2v) is 31.4. The summed E-state index contributed by atoms with van der Waals surface area (Å²) in [6.07, 6.45) is 4.65. The van der Waals surface area contributed by atoms with Gasteiger partial charge in [-0.25, -0.2) is 0 Å². The van der Waals surface area contributed by atoms with Crippen LogP contribution < -0.4 is 0 Å². The summed E-state index contributed by atoms with van der Waals surface area (Å²) in [6, 6.07) is 56.4. The predicted molar refractivity (Wildman–Crippen MR) is 418 cm³/mol. The standard InChI is InChI=1S/C31H47NO2.C30H45NO2.4C7H7.CH4.2Zr/c1-12-13-14-32(19-22-15-21(2)16-25(27(22)33)30(6,7)8)20-23-17-24(29(3,4)5)18-26(28(23)34)31(9,10)11;1-12-13-31(18-21-14-20(2)15-24(26(21)32)29(6,7)8)19-22-16-23(28(3,4)5)17-25(27(22)33)30(9,10)11;4*1-7-5-3-2-4-6-7;;;/h12,15-18,33-34H,1,13-14,19-20H2,2-11H3;12,14-17,32-33H,1,13,18-19H2,2-11H3;4*2-6H,1H2;1H4;;/q;;4*-1;;2*+3. The quantitative estimate of drug-likeness (QED) is 0.0680. The molecule has 0 amide bonds. The zero-order valence-electron chi connectivity index (χ0n) is 63.2. The van der Waals surface area contributed by atoms with E-state index in [1.54, 1.807) is 0 Å². The molecule has 524 valence electrons. The summed E-state index contributed by atoms with van der Waals surface area (Å²) in [5.41, 5.74) is 15.9. The van der Waals surface area contributed by atoms with Crippen LogP contribution >= 0.6 is 0 Å². The monoisotopic (exact) mass is 1480 g/mol. The summed E-state index contributed by atoms with van der Waals surface area (Å²) in [5, 5.41) is 44.8. The van der Waals surface area contributed by atoms with Crippen molar-refractivity contribution in [2.45, 2.75) is 211 Å². The van der Waals surface area contributed by atoms with E-state index in [1.165, 1.54) is 11.1 Å². The average molecular weight is 1480 g/mol. The van der Waals surface area contributed by atoms with Crippen molar-refractivity contribution in [2.75, 3.05) is 13.1 Å². The Morgan fingerprint density at radius 3 is 0.776 bits per heavy atom. The molecule has 2 radical (unpaired) electrons. The molecule has 0 fully saturated rings. The number of aromatic hydroxyl groups is 4. The summed E-state index contributed by atoms with van der Waals surface area (Å²) < 4.78 is 0. The Balaban J connectivity index is 0.00000134. The molecule has 98 heavy (non-hydrogen) atoms. The summed E-state index contributed by atoms with van der Waals surface area (Å²) in [7, 11) is 0. The van der Waals surface area contributed by atoms with E-state index in [9.17, 15) is 20.4 Å². The molecule has 0 atom stereocenters. The van der Waals surface area contributed by atoms with Gasteiger partial charge in [0, 0.05) is 61.5 Å². The number of hydrogen-bond donors (Lipinski definition) is 4. The summed E-state index contributed by atoms with van der Waals surface area (Å²) >= 11 is 0. The van der Waals surface area contributed by atoms with Gasteiger partial charge in [-0.3, -0.25) is 9.80 Å². The molecule has 0 aromatic heterocycles. The predicted octanol–water partition coefficient (Wildman–Crippen LogP) is 23.5. The Morgan fingerprint density at radius 2 is 0.571 bits per heavy atom. The van der Waals surface area contributed by atoms with E-state index < -0.39 is 0 Å². The normalized spacial score (nSPS) is 11.3. The van der Waals surface area contributed by atoms with Gasteiger partial charge in [-0.1, -0.05) is 228 Å². The number of phenols is 4. The van der Waals surface area contributed by atoms with Crippen molar-refractivity contribution >= 4 is 0 Å². The van der Waals surface area contributed by atoms with E-state index in [2.05, 4.69) is 238 Å². The molecule has 0 aliphatic heterocycles. The van der Waals surface area contributed by atoms with Gasteiger partial charge in [0.1, 0.15) is 23.0 Å². The topological polar surface area (TPSA) is 87.4 Å². The van der Waals surface area contributed by atoms with Crippen molar-refractivity contribution in [1.82, 2.24) is 9.80 Å². The Bertz CT molecular complexity index is 3460. The second-order valence-electron chi connectivity index (χ2n) is 31.4. The molecule has 0 heterocycles. The van der Waals surface area contributed by atoms with Crippen molar-refractivity contribution in [1.29, 1.82) is 0 Å². The minimum atomic E-state index is -0.167. The van der Waals surface area contributed by atoms with Gasteiger partial charge in [0.05, 0.1) is 0 Å². The van der Waals surface area contributed by atoms with Gasteiger partial charge in [-0.15, -0.1) is 61.7 Å². The first-order valence-corrected chi connectivity index (χ1v) is 33.5. The molecule has 8 aromatic rings. The molecule has 0 unspecified atom stereocenters. The number of benzene rings is 8. The van der Waals surface area contributed by atoms with E-state index in [4.69, 9.17) is 0 Å². The first-order chi connectivity index (χ1) is 44.0. The molecule has 4 N–H and O–H groups in total. The average Bonchev–Trinajstić information content (AvgIpc) is 0.796. The minimum Gasteiger partial charge on any atom is -0.507 e. The number of phenolic OH excluding ortho intramolecular Hbond substituents is 4. The van der Waals surface area contributed by atoms with Crippen LogP contribution in [0.1, 0.15) is 227 Å². The van der Waals surface area contributed by atoms with E-state index in [0.29, 0.717) is 55.7 Å². The zero-order chi connectivity index (χ0) is 71.9. The maximum Gasteiger partial charge on any atom is 3.00 e. The molecular weight excluding hydrogens is 1360 g/mol. The van der Waals surface area contributed by atoms with Crippen LogP contribution in [0.4, 0.5) is 0 Å². The van der Waals surface area contributed by atoms with Gasteiger partial charge in [0.25, 0.3) is 0 Å². The Morgan fingerprint density at radius 1 is 0.337 bits per heavy atom. The second kappa shape index (κ2) is 41.4. The molecule has 8 rings (SSSR count).